The van der Waals surface area contributed by atoms with Crippen LogP contribution < -0.4 is 5.32 Å². The Morgan fingerprint density at radius 3 is 2.58 bits per heavy atom. The number of carbonyl (C=O) groups is 2. The quantitative estimate of drug-likeness (QED) is 0.478. The smallest absolute Gasteiger partial charge is 0.338 e. The van der Waals surface area contributed by atoms with Crippen molar-refractivity contribution in [1.29, 1.82) is 0 Å². The zero-order valence-corrected chi connectivity index (χ0v) is 16.9. The van der Waals surface area contributed by atoms with E-state index >= 15 is 0 Å². The van der Waals surface area contributed by atoms with Gasteiger partial charge in [-0.25, -0.2) is 14.2 Å². The molecule has 0 aliphatic heterocycles. The highest BCUT2D eigenvalue weighted by molar-refractivity contribution is 5.95. The summed E-state index contributed by atoms with van der Waals surface area (Å²) in [6, 6.07) is 16.1. The van der Waals surface area contributed by atoms with Gasteiger partial charge in [-0.1, -0.05) is 23.8 Å². The predicted molar refractivity (Wildman–Crippen MR) is 111 cm³/mol. The van der Waals surface area contributed by atoms with Gasteiger partial charge in [0.05, 0.1) is 22.6 Å². The maximum atomic E-state index is 12.4. The van der Waals surface area contributed by atoms with Crippen LogP contribution in [0.25, 0.3) is 11.4 Å². The van der Waals surface area contributed by atoms with Gasteiger partial charge in [-0.05, 0) is 54.6 Å². The van der Waals surface area contributed by atoms with E-state index in [-0.39, 0.29) is 5.56 Å². The minimum atomic E-state index is -0.631. The van der Waals surface area contributed by atoms with Gasteiger partial charge in [0.15, 0.2) is 6.61 Å². The number of nitrogens with zero attached hydrogens (tertiary/aromatic N) is 6. The van der Waals surface area contributed by atoms with Crippen LogP contribution in [0.4, 0.5) is 5.82 Å². The van der Waals surface area contributed by atoms with Crippen molar-refractivity contribution in [3.05, 3.63) is 77.7 Å². The summed E-state index contributed by atoms with van der Waals surface area (Å²) in [5, 5.41) is 18.1. The van der Waals surface area contributed by atoms with E-state index in [0.717, 1.165) is 16.9 Å². The first-order chi connectivity index (χ1) is 15.0. The van der Waals surface area contributed by atoms with Crippen LogP contribution in [-0.2, 0) is 9.53 Å². The van der Waals surface area contributed by atoms with Gasteiger partial charge in [0.25, 0.3) is 5.91 Å². The standard InChI is InChI=1S/C21H19N7O3/c1-14-6-8-17(9-7-14)28-19(10-15(2)24-28)23-20(29)12-31-21(30)16-4-3-5-18(11-16)27-13-22-25-26-27/h3-11,13H,12H2,1-2H3,(H,23,29). The second-order valence-corrected chi connectivity index (χ2v) is 6.85. The summed E-state index contributed by atoms with van der Waals surface area (Å²) in [5.74, 6) is -0.616. The molecule has 0 aliphatic rings. The van der Waals surface area contributed by atoms with E-state index in [0.29, 0.717) is 11.5 Å². The molecule has 10 heteroatoms. The molecular formula is C21H19N7O3. The molecule has 4 rings (SSSR count). The maximum Gasteiger partial charge on any atom is 0.338 e. The molecule has 0 saturated heterocycles. The first kappa shape index (κ1) is 20.0. The zero-order valence-electron chi connectivity index (χ0n) is 16.9. The Kier molecular flexibility index (Phi) is 5.52. The molecular weight excluding hydrogens is 398 g/mol. The highest BCUT2D eigenvalue weighted by Crippen LogP contribution is 2.18. The average molecular weight is 417 g/mol. The minimum absolute atomic E-state index is 0.279. The molecule has 156 valence electrons. The third-order valence-electron chi connectivity index (χ3n) is 4.41. The van der Waals surface area contributed by atoms with Crippen LogP contribution in [0.5, 0.6) is 0 Å². The topological polar surface area (TPSA) is 117 Å². The Bertz CT molecular complexity index is 1210. The van der Waals surface area contributed by atoms with Crippen LogP contribution in [0.1, 0.15) is 21.6 Å². The summed E-state index contributed by atoms with van der Waals surface area (Å²) in [6.45, 7) is 3.39. The van der Waals surface area contributed by atoms with E-state index < -0.39 is 18.5 Å². The average Bonchev–Trinajstić information content (AvgIpc) is 3.43. The molecule has 2 aromatic heterocycles. The van der Waals surface area contributed by atoms with Gasteiger partial charge in [0.1, 0.15) is 12.1 Å². The van der Waals surface area contributed by atoms with Crippen LogP contribution >= 0.6 is 0 Å². The molecule has 2 heterocycles. The summed E-state index contributed by atoms with van der Waals surface area (Å²) in [4.78, 5) is 24.8. The van der Waals surface area contributed by atoms with E-state index in [9.17, 15) is 9.59 Å². The van der Waals surface area contributed by atoms with Gasteiger partial charge in [-0.15, -0.1) is 5.10 Å². The lowest BCUT2D eigenvalue weighted by molar-refractivity contribution is -0.119. The van der Waals surface area contributed by atoms with Crippen LogP contribution in [0.15, 0.2) is 60.9 Å². The maximum absolute atomic E-state index is 12.4. The summed E-state index contributed by atoms with van der Waals surface area (Å²) in [6.07, 6.45) is 1.41. The Labute approximate surface area is 177 Å². The molecule has 0 atom stereocenters. The number of hydrogen-bond acceptors (Lipinski definition) is 7. The zero-order chi connectivity index (χ0) is 21.8. The lowest BCUT2D eigenvalue weighted by Gasteiger charge is -2.10. The molecule has 10 nitrogen and oxygen atoms in total. The number of esters is 1. The summed E-state index contributed by atoms with van der Waals surface area (Å²) in [5.41, 5.74) is 3.55. The van der Waals surface area contributed by atoms with Crippen molar-refractivity contribution < 1.29 is 14.3 Å². The van der Waals surface area contributed by atoms with Crippen LogP contribution in [0.3, 0.4) is 0 Å². The molecule has 31 heavy (non-hydrogen) atoms. The Hall–Kier alpha value is -4.34. The van der Waals surface area contributed by atoms with Gasteiger partial charge in [0.2, 0.25) is 0 Å². The molecule has 0 fully saturated rings. The van der Waals surface area contributed by atoms with Crippen molar-refractivity contribution in [2.75, 3.05) is 11.9 Å². The van der Waals surface area contributed by atoms with Crippen molar-refractivity contribution >= 4 is 17.7 Å². The van der Waals surface area contributed by atoms with E-state index in [4.69, 9.17) is 4.74 Å². The molecule has 0 radical (unpaired) electrons. The SMILES string of the molecule is Cc1ccc(-n2nc(C)cc2NC(=O)COC(=O)c2cccc(-n3cnnn3)c2)cc1. The monoisotopic (exact) mass is 417 g/mol. The fourth-order valence-corrected chi connectivity index (χ4v) is 2.92. The van der Waals surface area contributed by atoms with Crippen molar-refractivity contribution in [2.24, 2.45) is 0 Å². The number of hydrogen-bond donors (Lipinski definition) is 1. The molecule has 1 N–H and O–H groups in total. The predicted octanol–water partition coefficient (Wildman–Crippen LogP) is 2.26. The second kappa shape index (κ2) is 8.57. The Balaban J connectivity index is 1.41. The largest absolute Gasteiger partial charge is 0.452 e. The van der Waals surface area contributed by atoms with E-state index in [1.54, 1.807) is 35.0 Å². The van der Waals surface area contributed by atoms with Crippen molar-refractivity contribution in [3.63, 3.8) is 0 Å². The Morgan fingerprint density at radius 1 is 1.03 bits per heavy atom. The lowest BCUT2D eigenvalue weighted by Crippen LogP contribution is -2.22. The van der Waals surface area contributed by atoms with Gasteiger partial charge in [-0.3, -0.25) is 4.79 Å². The number of aromatic nitrogens is 6. The highest BCUT2D eigenvalue weighted by Gasteiger charge is 2.14. The molecule has 0 aliphatic carbocycles. The second-order valence-electron chi connectivity index (χ2n) is 6.85. The highest BCUT2D eigenvalue weighted by atomic mass is 16.5. The number of rotatable bonds is 6. The number of nitrogens with one attached hydrogen (secondary N) is 1. The van der Waals surface area contributed by atoms with Gasteiger partial charge < -0.3 is 10.1 Å². The first-order valence-electron chi connectivity index (χ1n) is 9.44. The molecule has 0 unspecified atom stereocenters. The van der Waals surface area contributed by atoms with E-state index in [1.807, 2.05) is 38.1 Å². The fourth-order valence-electron chi connectivity index (χ4n) is 2.92. The van der Waals surface area contributed by atoms with E-state index in [2.05, 4.69) is 25.9 Å². The van der Waals surface area contributed by atoms with Crippen LogP contribution in [0, 0.1) is 13.8 Å². The van der Waals surface area contributed by atoms with Crippen molar-refractivity contribution in [1.82, 2.24) is 30.0 Å². The molecule has 4 aromatic rings. The van der Waals surface area contributed by atoms with Gasteiger partial charge in [0, 0.05) is 6.07 Å². The van der Waals surface area contributed by atoms with Crippen LogP contribution in [0.2, 0.25) is 0 Å². The van der Waals surface area contributed by atoms with Crippen LogP contribution in [-0.4, -0.2) is 48.5 Å². The third-order valence-corrected chi connectivity index (χ3v) is 4.41. The normalized spacial score (nSPS) is 10.6. The number of tetrazole rings is 1. The first-order valence-corrected chi connectivity index (χ1v) is 9.44. The summed E-state index contributed by atoms with van der Waals surface area (Å²) >= 11 is 0. The summed E-state index contributed by atoms with van der Waals surface area (Å²) in [7, 11) is 0. The minimum Gasteiger partial charge on any atom is -0.452 e. The number of aryl methyl sites for hydroxylation is 2. The number of anilines is 1. The molecule has 0 saturated carbocycles. The third kappa shape index (κ3) is 4.64. The van der Waals surface area contributed by atoms with Crippen molar-refractivity contribution in [2.45, 2.75) is 13.8 Å². The summed E-state index contributed by atoms with van der Waals surface area (Å²) < 4.78 is 8.20. The molecule has 1 amide bonds. The lowest BCUT2D eigenvalue weighted by atomic mass is 10.2. The number of carbonyl (C=O) groups excluding carboxylic acids is 2. The Morgan fingerprint density at radius 2 is 1.84 bits per heavy atom. The number of amides is 1. The van der Waals surface area contributed by atoms with Gasteiger partial charge >= 0.3 is 5.97 Å². The van der Waals surface area contributed by atoms with Crippen molar-refractivity contribution in [3.8, 4) is 11.4 Å². The number of benzene rings is 2. The van der Waals surface area contributed by atoms with E-state index in [1.165, 1.54) is 11.0 Å². The molecule has 0 bridgehead atoms. The molecule has 0 spiro atoms. The fraction of sp³-hybridized carbons (Fsp3) is 0.143. The number of ether oxygens (including phenoxy) is 1. The molecule has 2 aromatic carbocycles. The van der Waals surface area contributed by atoms with Gasteiger partial charge in [-0.2, -0.15) is 5.10 Å².